The van der Waals surface area contributed by atoms with E-state index in [0.29, 0.717) is 35.5 Å². The van der Waals surface area contributed by atoms with Crippen molar-refractivity contribution in [2.24, 2.45) is 23.3 Å². The number of Topliss-reactive ketones (excluding diaryl/α,β-unsaturated/α-hetero) is 2. The predicted octanol–water partition coefficient (Wildman–Crippen LogP) is 4.19. The molecule has 4 bridgehead atoms. The summed E-state index contributed by atoms with van der Waals surface area (Å²) in [4.78, 5) is 99.0. The molecule has 354 valence electrons. The summed E-state index contributed by atoms with van der Waals surface area (Å²) < 4.78 is 0. The highest BCUT2D eigenvalue weighted by atomic mass is 35.5. The van der Waals surface area contributed by atoms with Gasteiger partial charge < -0.3 is 47.2 Å². The van der Waals surface area contributed by atoms with Gasteiger partial charge in [0.05, 0.1) is 6.10 Å². The predicted molar refractivity (Wildman–Crippen MR) is 250 cm³/mol. The number of ketones is 2. The lowest BCUT2D eigenvalue weighted by Crippen LogP contribution is -2.57. The molecule has 67 heavy (non-hydrogen) atoms. The molecule has 1 fully saturated rings. The maximum Gasteiger partial charge on any atom is 0.245 e. The number of amides is 5. The summed E-state index contributed by atoms with van der Waals surface area (Å²) in [6.45, 7) is 3.28. The molecule has 2 heterocycles. The lowest BCUT2D eigenvalue weighted by atomic mass is 9.88. The van der Waals surface area contributed by atoms with Crippen molar-refractivity contribution in [1.82, 2.24) is 20.4 Å². The van der Waals surface area contributed by atoms with E-state index in [1.165, 1.54) is 62.2 Å². The van der Waals surface area contributed by atoms with Gasteiger partial charge in [0.1, 0.15) is 35.7 Å². The normalized spacial score (nSPS) is 20.5. The number of hydrogen-bond acceptors (Lipinski definition) is 11. The van der Waals surface area contributed by atoms with Crippen LogP contribution in [0.3, 0.4) is 0 Å². The van der Waals surface area contributed by atoms with Crippen molar-refractivity contribution >= 4 is 52.7 Å². The first-order valence-corrected chi connectivity index (χ1v) is 22.7. The number of likely N-dealkylation sites (tertiary alicyclic amines) is 1. The maximum absolute atomic E-state index is 14.7. The second-order valence-corrected chi connectivity index (χ2v) is 17.9. The number of phenols is 2. The third kappa shape index (κ3) is 11.7. The minimum absolute atomic E-state index is 0.0273. The van der Waals surface area contributed by atoms with E-state index in [2.05, 4.69) is 10.6 Å². The van der Waals surface area contributed by atoms with Crippen molar-refractivity contribution in [2.75, 3.05) is 20.1 Å². The van der Waals surface area contributed by atoms with Gasteiger partial charge in [-0.05, 0) is 91.4 Å². The average molecular weight is 937 g/mol. The summed E-state index contributed by atoms with van der Waals surface area (Å²) >= 11 is 6.06. The van der Waals surface area contributed by atoms with Gasteiger partial charge in [-0.1, -0.05) is 73.5 Å². The first-order valence-electron chi connectivity index (χ1n) is 22.3. The minimum Gasteiger partial charge on any atom is -0.507 e. The van der Waals surface area contributed by atoms with Crippen LogP contribution in [0.2, 0.25) is 5.02 Å². The third-order valence-electron chi connectivity index (χ3n) is 12.6. The summed E-state index contributed by atoms with van der Waals surface area (Å²) in [7, 11) is 1.45. The van der Waals surface area contributed by atoms with Gasteiger partial charge in [-0.2, -0.15) is 0 Å². The molecule has 4 aromatic carbocycles. The van der Waals surface area contributed by atoms with Crippen LogP contribution in [0.1, 0.15) is 79.9 Å². The van der Waals surface area contributed by atoms with Crippen molar-refractivity contribution in [3.8, 4) is 33.8 Å². The monoisotopic (exact) mass is 936 g/mol. The van der Waals surface area contributed by atoms with Crippen LogP contribution in [-0.2, 0) is 35.2 Å². The molecule has 0 saturated carbocycles. The lowest BCUT2D eigenvalue weighted by molar-refractivity contribution is -0.143. The van der Waals surface area contributed by atoms with E-state index < -0.39 is 83.8 Å². The molecule has 9 N–H and O–H groups in total. The Bertz CT molecular complexity index is 2520. The number of aromatic hydroxyl groups is 2. The number of aliphatic hydroxyl groups excluding tert-OH is 1. The molecule has 0 radical (unpaired) electrons. The van der Waals surface area contributed by atoms with Crippen LogP contribution in [0.25, 0.3) is 22.3 Å². The molecule has 5 amide bonds. The molecule has 2 aliphatic heterocycles. The topological polar surface area (TPSA) is 263 Å². The molecule has 0 spiro atoms. The number of unbranched alkanes of at least 4 members (excludes halogenated alkanes) is 1. The molecule has 16 nitrogen and oxygen atoms in total. The number of carbonyl (C=O) groups is 7. The van der Waals surface area contributed by atoms with Gasteiger partial charge >= 0.3 is 0 Å². The van der Waals surface area contributed by atoms with Crippen LogP contribution in [-0.4, -0.2) is 111 Å². The summed E-state index contributed by atoms with van der Waals surface area (Å²) in [5.41, 5.74) is 14.4. The Hall–Kier alpha value is -6.62. The van der Waals surface area contributed by atoms with Crippen molar-refractivity contribution in [1.29, 1.82) is 0 Å². The average Bonchev–Trinajstić information content (AvgIpc) is 3.70. The molecule has 0 aromatic heterocycles. The van der Waals surface area contributed by atoms with E-state index in [9.17, 15) is 48.9 Å². The number of benzene rings is 4. The van der Waals surface area contributed by atoms with E-state index in [-0.39, 0.29) is 66.2 Å². The summed E-state index contributed by atoms with van der Waals surface area (Å²) in [5, 5.41) is 38.6. The number of likely N-dealkylation sites (N-methyl/N-ethyl adjacent to an activating group) is 1. The Balaban J connectivity index is 1.29. The molecule has 2 aliphatic rings. The highest BCUT2D eigenvalue weighted by Crippen LogP contribution is 2.40. The Morgan fingerprint density at radius 2 is 1.52 bits per heavy atom. The fraction of sp³-hybridized carbons (Fsp3) is 0.380. The number of fused-ring (bicyclic) bond motifs is 5. The van der Waals surface area contributed by atoms with Crippen LogP contribution < -0.4 is 22.1 Å². The van der Waals surface area contributed by atoms with E-state index in [4.69, 9.17) is 23.1 Å². The van der Waals surface area contributed by atoms with Gasteiger partial charge in [-0.3, -0.25) is 33.6 Å². The van der Waals surface area contributed by atoms with Crippen LogP contribution in [0.15, 0.2) is 84.9 Å². The van der Waals surface area contributed by atoms with Crippen LogP contribution >= 0.6 is 11.6 Å². The number of nitrogens with zero attached hydrogens (tertiary/aromatic N) is 2. The van der Waals surface area contributed by atoms with E-state index in [1.54, 1.807) is 24.3 Å². The van der Waals surface area contributed by atoms with E-state index in [1.807, 2.05) is 24.3 Å². The highest BCUT2D eigenvalue weighted by Gasteiger charge is 2.42. The number of rotatable bonds is 14. The summed E-state index contributed by atoms with van der Waals surface area (Å²) in [6.07, 6.45) is -0.402. The number of nitrogens with two attached hydrogens (primary N) is 2. The molecule has 4 aromatic rings. The standard InChI is InChI=1S/C50H57ClN6O10/c1-27-22-43(62)44(56(3)50(67)34(6-4-5-20-52)26-42(61)32-10-8-30(9-11-32)31-12-15-35(51)16-13-31)33-14-18-40(59)37(25-33)36-23-29(7-17-39(36)58)24-38(55-47(27)64)48(65)54-28(2)49(66)57-21-19-41(60)45(57)46(53)63/h7-18,23,25,27-28,34,38,41,44-45,58-60H,4-6,19-22,24,26,52H2,1-3H3,(H2,53,63)(H,54,65)(H,55,64)/t27-,28+,34-,38+,41+,44+,45+/m1/s1. The van der Waals surface area contributed by atoms with Crippen molar-refractivity contribution < 1.29 is 48.9 Å². The van der Waals surface area contributed by atoms with Gasteiger partial charge in [0.15, 0.2) is 11.6 Å². The Kier molecular flexibility index (Phi) is 16.2. The Morgan fingerprint density at radius 3 is 2.16 bits per heavy atom. The number of aliphatic hydroxyl groups is 1. The fourth-order valence-corrected chi connectivity index (χ4v) is 8.97. The Labute approximate surface area is 393 Å². The number of primary amides is 1. The zero-order valence-electron chi connectivity index (χ0n) is 37.6. The van der Waals surface area contributed by atoms with Crippen molar-refractivity contribution in [3.05, 3.63) is 107 Å². The molecule has 7 atom stereocenters. The Morgan fingerprint density at radius 1 is 0.896 bits per heavy atom. The molecular formula is C50H57ClN6O10. The highest BCUT2D eigenvalue weighted by molar-refractivity contribution is 6.30. The maximum atomic E-state index is 14.7. The van der Waals surface area contributed by atoms with Gasteiger partial charge in [0, 0.05) is 66.4 Å². The first kappa shape index (κ1) is 49.8. The molecular weight excluding hydrogens is 880 g/mol. The van der Waals surface area contributed by atoms with Gasteiger partial charge in [0.2, 0.25) is 29.5 Å². The first-order chi connectivity index (χ1) is 31.9. The largest absolute Gasteiger partial charge is 0.507 e. The van der Waals surface area contributed by atoms with Gasteiger partial charge in [-0.25, -0.2) is 0 Å². The zero-order valence-corrected chi connectivity index (χ0v) is 38.4. The quantitative estimate of drug-likeness (QED) is 0.0697. The number of phenolic OH excluding ortho intramolecular Hbond substituents is 2. The number of hydrogen-bond donors (Lipinski definition) is 7. The summed E-state index contributed by atoms with van der Waals surface area (Å²) in [6, 6.07) is 17.8. The van der Waals surface area contributed by atoms with Crippen LogP contribution in [0, 0.1) is 11.8 Å². The lowest BCUT2D eigenvalue weighted by Gasteiger charge is -2.32. The number of nitrogens with one attached hydrogen (secondary N) is 2. The zero-order chi connectivity index (χ0) is 48.7. The smallest absolute Gasteiger partial charge is 0.245 e. The second-order valence-electron chi connectivity index (χ2n) is 17.5. The molecule has 1 saturated heterocycles. The molecule has 0 unspecified atom stereocenters. The van der Waals surface area contributed by atoms with Crippen LogP contribution in [0.5, 0.6) is 11.5 Å². The van der Waals surface area contributed by atoms with Gasteiger partial charge in [0.25, 0.3) is 0 Å². The fourth-order valence-electron chi connectivity index (χ4n) is 8.84. The number of halogens is 1. The third-order valence-corrected chi connectivity index (χ3v) is 12.8. The molecule has 0 aliphatic carbocycles. The minimum atomic E-state index is -1.34. The van der Waals surface area contributed by atoms with Crippen LogP contribution in [0.4, 0.5) is 0 Å². The number of carbonyl (C=O) groups excluding carboxylic acids is 7. The van der Waals surface area contributed by atoms with E-state index in [0.717, 1.165) is 16.0 Å². The molecule has 6 rings (SSSR count). The van der Waals surface area contributed by atoms with Crippen molar-refractivity contribution in [2.45, 2.75) is 89.1 Å². The molecule has 17 heteroatoms. The van der Waals surface area contributed by atoms with E-state index >= 15 is 0 Å². The van der Waals surface area contributed by atoms with Crippen molar-refractivity contribution in [3.63, 3.8) is 0 Å². The van der Waals surface area contributed by atoms with Gasteiger partial charge in [-0.15, -0.1) is 0 Å². The second kappa shape index (κ2) is 21.8. The summed E-state index contributed by atoms with van der Waals surface area (Å²) in [5.74, 6) is -6.86. The SMILES string of the molecule is C[C@@H]1CC(=O)[C@@H](N(C)C(=O)[C@H](CCCCN)CC(=O)c2ccc(-c3ccc(Cl)cc3)cc2)c2ccc(O)c(c2)-c2cc(ccc2O)C[C@@H](C(=O)N[C@@H](C)C(=O)N2CC[C@H](O)[C@H]2C(N)=O)NC1=O.